The molecule has 1 aromatic heterocycles. The van der Waals surface area contributed by atoms with Crippen molar-refractivity contribution in [2.75, 3.05) is 25.1 Å². The van der Waals surface area contributed by atoms with Crippen LogP contribution in [0, 0.1) is 11.3 Å². The summed E-state index contributed by atoms with van der Waals surface area (Å²) in [6, 6.07) is 12.0. The van der Waals surface area contributed by atoms with Gasteiger partial charge in [-0.3, -0.25) is 9.78 Å². The third-order valence-corrected chi connectivity index (χ3v) is 5.59. The van der Waals surface area contributed by atoms with E-state index in [9.17, 15) is 4.79 Å². The summed E-state index contributed by atoms with van der Waals surface area (Å²) in [6.45, 7) is 8.25. The molecule has 3 rings (SSSR count). The average Bonchev–Trinajstić information content (AvgIpc) is 2.84. The van der Waals surface area contributed by atoms with Gasteiger partial charge in [-0.1, -0.05) is 19.1 Å². The number of aromatic nitrogens is 1. The molecule has 0 spiro atoms. The quantitative estimate of drug-likeness (QED) is 0.314. The molecule has 35 heavy (non-hydrogen) atoms. The average molecular weight is 476 g/mol. The fourth-order valence-electron chi connectivity index (χ4n) is 4.08. The molecule has 2 aromatic carbocycles. The van der Waals surface area contributed by atoms with Gasteiger partial charge in [0.1, 0.15) is 0 Å². The van der Waals surface area contributed by atoms with Gasteiger partial charge in [0.05, 0.1) is 36.9 Å². The van der Waals surface area contributed by atoms with Crippen molar-refractivity contribution in [3.63, 3.8) is 0 Å². The van der Waals surface area contributed by atoms with Crippen LogP contribution in [0.5, 0.6) is 11.5 Å². The molecule has 0 fully saturated rings. The van der Waals surface area contributed by atoms with E-state index in [1.807, 2.05) is 38.1 Å². The largest absolute Gasteiger partial charge is 0.490 e. The molecule has 0 saturated heterocycles. The molecule has 184 valence electrons. The molecule has 0 atom stereocenters. The third-order valence-electron chi connectivity index (χ3n) is 5.59. The van der Waals surface area contributed by atoms with Crippen molar-refractivity contribution < 1.29 is 14.3 Å². The summed E-state index contributed by atoms with van der Waals surface area (Å²) >= 11 is 0. The number of amides is 1. The van der Waals surface area contributed by atoms with Crippen LogP contribution in [-0.4, -0.2) is 30.6 Å². The van der Waals surface area contributed by atoms with E-state index < -0.39 is 5.91 Å². The van der Waals surface area contributed by atoms with E-state index in [1.54, 1.807) is 6.20 Å². The minimum Gasteiger partial charge on any atom is -0.490 e. The van der Waals surface area contributed by atoms with Gasteiger partial charge >= 0.3 is 0 Å². The number of primary amides is 1. The summed E-state index contributed by atoms with van der Waals surface area (Å²) < 4.78 is 11.6. The first-order valence-corrected chi connectivity index (χ1v) is 12.0. The number of benzene rings is 2. The van der Waals surface area contributed by atoms with Crippen molar-refractivity contribution in [3.05, 3.63) is 53.2 Å². The number of nitriles is 1. The number of nitrogens with zero attached hydrogens (tertiary/aromatic N) is 2. The number of nitrogens with one attached hydrogen (secondary N) is 2. The molecule has 1 amide bonds. The molecular weight excluding hydrogens is 442 g/mol. The van der Waals surface area contributed by atoms with Gasteiger partial charge in [0.2, 0.25) is 5.91 Å². The van der Waals surface area contributed by atoms with Crippen LogP contribution in [0.2, 0.25) is 0 Å². The first-order valence-electron chi connectivity index (χ1n) is 12.0. The lowest BCUT2D eigenvalue weighted by Gasteiger charge is -2.20. The van der Waals surface area contributed by atoms with E-state index in [2.05, 4.69) is 34.7 Å². The predicted molar refractivity (Wildman–Crippen MR) is 138 cm³/mol. The highest BCUT2D eigenvalue weighted by molar-refractivity contribution is 5.98. The number of pyridine rings is 1. The van der Waals surface area contributed by atoms with Crippen molar-refractivity contribution in [3.8, 4) is 17.6 Å². The molecule has 4 N–H and O–H groups in total. The number of fused-ring (bicyclic) bond motifs is 1. The van der Waals surface area contributed by atoms with Gasteiger partial charge < -0.3 is 25.8 Å². The molecule has 0 aliphatic heterocycles. The van der Waals surface area contributed by atoms with Crippen LogP contribution in [0.4, 0.5) is 11.4 Å². The van der Waals surface area contributed by atoms with Gasteiger partial charge in [-0.05, 0) is 43.5 Å². The molecule has 0 aliphatic rings. The maximum atomic E-state index is 11.9. The van der Waals surface area contributed by atoms with Crippen LogP contribution >= 0.6 is 0 Å². The summed E-state index contributed by atoms with van der Waals surface area (Å²) in [5.41, 5.74) is 11.0. The summed E-state index contributed by atoms with van der Waals surface area (Å²) in [5, 5.41) is 16.5. The van der Waals surface area contributed by atoms with Crippen LogP contribution in [0.25, 0.3) is 10.9 Å². The number of carbonyl (C=O) groups is 1. The van der Waals surface area contributed by atoms with Gasteiger partial charge in [-0.2, -0.15) is 5.26 Å². The Morgan fingerprint density at radius 1 is 1.11 bits per heavy atom. The summed E-state index contributed by atoms with van der Waals surface area (Å²) in [5.74, 6) is 0.813. The minimum absolute atomic E-state index is 0.0549. The molecule has 1 heterocycles. The van der Waals surface area contributed by atoms with E-state index in [0.717, 1.165) is 39.8 Å². The summed E-state index contributed by atoms with van der Waals surface area (Å²) in [4.78, 5) is 16.4. The second-order valence-corrected chi connectivity index (χ2v) is 7.99. The number of anilines is 2. The first-order chi connectivity index (χ1) is 17.0. The maximum absolute atomic E-state index is 11.9. The SMILES string of the molecule is CCOc1cc2ncc(CC(N)=O)c(Nc3cccc(CNCCC#N)c3CC)c2cc1OCC. The maximum Gasteiger partial charge on any atom is 0.221 e. The second-order valence-electron chi connectivity index (χ2n) is 7.99. The van der Waals surface area contributed by atoms with E-state index in [4.69, 9.17) is 20.5 Å². The van der Waals surface area contributed by atoms with E-state index >= 15 is 0 Å². The van der Waals surface area contributed by atoms with Crippen molar-refractivity contribution in [2.45, 2.75) is 46.6 Å². The number of nitrogens with two attached hydrogens (primary N) is 1. The highest BCUT2D eigenvalue weighted by Gasteiger charge is 2.17. The monoisotopic (exact) mass is 475 g/mol. The first kappa shape index (κ1) is 25.8. The Kier molecular flexibility index (Phi) is 9.27. The third kappa shape index (κ3) is 6.40. The van der Waals surface area contributed by atoms with Gasteiger partial charge in [0.15, 0.2) is 11.5 Å². The number of rotatable bonds is 13. The second kappa shape index (κ2) is 12.6. The molecule has 0 aliphatic carbocycles. The zero-order valence-corrected chi connectivity index (χ0v) is 20.6. The fourth-order valence-corrected chi connectivity index (χ4v) is 4.08. The Hall–Kier alpha value is -3.83. The lowest BCUT2D eigenvalue weighted by atomic mass is 10.0. The number of ether oxygens (including phenoxy) is 2. The van der Waals surface area contributed by atoms with Crippen molar-refractivity contribution in [1.82, 2.24) is 10.3 Å². The normalized spacial score (nSPS) is 10.7. The predicted octanol–water partition coefficient (Wildman–Crippen LogP) is 4.37. The Bertz CT molecular complexity index is 1220. The molecule has 0 bridgehead atoms. The van der Waals surface area contributed by atoms with Gasteiger partial charge in [-0.15, -0.1) is 0 Å². The standard InChI is InChI=1S/C27H33N5O3/c1-4-20-18(16-30-12-8-11-28)9-7-10-22(20)32-27-19(13-26(29)33)17-31-23-15-25(35-6-3)24(34-5-2)14-21(23)27/h7,9-10,14-15,17,30H,4-6,8,12-13,16H2,1-3H3,(H2,29,33)(H,31,32). The molecular formula is C27H33N5O3. The number of hydrogen-bond donors (Lipinski definition) is 3. The van der Waals surface area contributed by atoms with Crippen LogP contribution in [0.15, 0.2) is 36.5 Å². The molecule has 0 radical (unpaired) electrons. The molecule has 8 heteroatoms. The summed E-state index contributed by atoms with van der Waals surface area (Å²) in [7, 11) is 0. The van der Waals surface area contributed by atoms with Gasteiger partial charge in [0, 0.05) is 48.4 Å². The molecule has 8 nitrogen and oxygen atoms in total. The van der Waals surface area contributed by atoms with Gasteiger partial charge in [-0.25, -0.2) is 0 Å². The van der Waals surface area contributed by atoms with E-state index in [0.29, 0.717) is 49.8 Å². The Balaban J connectivity index is 2.11. The zero-order valence-electron chi connectivity index (χ0n) is 20.6. The zero-order chi connectivity index (χ0) is 25.2. The Labute approximate surface area is 206 Å². The Morgan fingerprint density at radius 3 is 2.51 bits per heavy atom. The number of carbonyl (C=O) groups excluding carboxylic acids is 1. The van der Waals surface area contributed by atoms with Crippen LogP contribution < -0.4 is 25.8 Å². The topological polar surface area (TPSA) is 122 Å². The highest BCUT2D eigenvalue weighted by Crippen LogP contribution is 2.38. The van der Waals surface area contributed by atoms with Crippen LogP contribution in [0.3, 0.4) is 0 Å². The van der Waals surface area contributed by atoms with Crippen molar-refractivity contribution >= 4 is 28.2 Å². The molecule has 0 unspecified atom stereocenters. The Morgan fingerprint density at radius 2 is 1.86 bits per heavy atom. The lowest BCUT2D eigenvalue weighted by molar-refractivity contribution is -0.117. The highest BCUT2D eigenvalue weighted by atomic mass is 16.5. The fraction of sp³-hybridized carbons (Fsp3) is 0.370. The van der Waals surface area contributed by atoms with E-state index in [1.165, 1.54) is 0 Å². The van der Waals surface area contributed by atoms with Crippen molar-refractivity contribution in [1.29, 1.82) is 5.26 Å². The number of hydrogen-bond acceptors (Lipinski definition) is 7. The lowest BCUT2D eigenvalue weighted by Crippen LogP contribution is -2.16. The van der Waals surface area contributed by atoms with Crippen LogP contribution in [-0.2, 0) is 24.2 Å². The summed E-state index contributed by atoms with van der Waals surface area (Å²) in [6.07, 6.45) is 3.01. The van der Waals surface area contributed by atoms with E-state index in [-0.39, 0.29) is 6.42 Å². The van der Waals surface area contributed by atoms with Crippen molar-refractivity contribution in [2.24, 2.45) is 5.73 Å². The smallest absolute Gasteiger partial charge is 0.221 e. The van der Waals surface area contributed by atoms with Crippen LogP contribution in [0.1, 0.15) is 43.9 Å². The molecule has 0 saturated carbocycles. The van der Waals surface area contributed by atoms with Gasteiger partial charge in [0.25, 0.3) is 0 Å². The minimum atomic E-state index is -0.434. The molecule has 3 aromatic rings.